The molecule has 4 aliphatic carbocycles. The minimum atomic E-state index is -0.788. The summed E-state index contributed by atoms with van der Waals surface area (Å²) >= 11 is 0. The van der Waals surface area contributed by atoms with Gasteiger partial charge in [-0.15, -0.1) is 0 Å². The van der Waals surface area contributed by atoms with Crippen molar-refractivity contribution in [3.05, 3.63) is 52.2 Å². The highest BCUT2D eigenvalue weighted by atomic mass is 16.5. The quantitative estimate of drug-likeness (QED) is 0.330. The molecule has 5 nitrogen and oxygen atoms in total. The van der Waals surface area contributed by atoms with E-state index in [1.54, 1.807) is 0 Å². The largest absolute Gasteiger partial charge is 0.388 e. The van der Waals surface area contributed by atoms with Crippen molar-refractivity contribution < 1.29 is 19.4 Å². The number of benzene rings is 1. The minimum Gasteiger partial charge on any atom is -0.388 e. The van der Waals surface area contributed by atoms with Gasteiger partial charge in [0.05, 0.1) is 34.5 Å². The summed E-state index contributed by atoms with van der Waals surface area (Å²) in [7, 11) is 0. The molecule has 4 heterocycles. The van der Waals surface area contributed by atoms with Gasteiger partial charge in [0.2, 0.25) is 0 Å². The van der Waals surface area contributed by atoms with Gasteiger partial charge in [-0.3, -0.25) is 4.79 Å². The molecule has 1 N–H and O–H groups in total. The Balaban J connectivity index is 1.32. The third kappa shape index (κ3) is 3.16. The highest BCUT2D eigenvalue weighted by Gasteiger charge is 2.68. The average molecular weight is 610 g/mol. The van der Waals surface area contributed by atoms with Crippen molar-refractivity contribution in [1.29, 1.82) is 0 Å². The Morgan fingerprint density at radius 3 is 2.56 bits per heavy atom. The number of aliphatic hydroxyl groups excluding tert-OH is 1. The van der Waals surface area contributed by atoms with E-state index in [0.29, 0.717) is 17.9 Å². The standard InChI is InChI=1S/C40H51NO4/c1-20(2)31-34(43)29-28-22(25-19-36(3,4)45-37(5,6)30(25)33(28)42)18-23-24-17-21-11-12-26-38(7)14-10-16-44-27(38)13-15-39(26,8)40(21,9)35(24)41(31)32(23)29/h18-19,21,26-27,30-31,33,42H,1,10-17H2,2-9H3/t21-,26-,27-,30+,31-,33+,38-,39-,40+/m0/s1. The Hall–Kier alpha value is -2.21. The summed E-state index contributed by atoms with van der Waals surface area (Å²) in [5.41, 5.74) is 7.79. The van der Waals surface area contributed by atoms with Crippen LogP contribution >= 0.6 is 0 Å². The molecule has 1 saturated heterocycles. The normalized spacial score (nSPS) is 43.2. The van der Waals surface area contributed by atoms with Crippen LogP contribution in [0.1, 0.15) is 139 Å². The van der Waals surface area contributed by atoms with Crippen molar-refractivity contribution in [3.63, 3.8) is 0 Å². The van der Waals surface area contributed by atoms with Crippen molar-refractivity contribution in [1.82, 2.24) is 4.57 Å². The number of carbonyl (C=O) groups excluding carboxylic acids is 1. The summed E-state index contributed by atoms with van der Waals surface area (Å²) in [6.07, 6.45) is 10.0. The maximum absolute atomic E-state index is 14.8. The Morgan fingerprint density at radius 1 is 1.07 bits per heavy atom. The van der Waals surface area contributed by atoms with Gasteiger partial charge in [0, 0.05) is 34.6 Å². The van der Waals surface area contributed by atoms with Gasteiger partial charge in [0.15, 0.2) is 5.78 Å². The first-order valence-corrected chi connectivity index (χ1v) is 17.7. The van der Waals surface area contributed by atoms with E-state index in [-0.39, 0.29) is 27.9 Å². The van der Waals surface area contributed by atoms with Crippen molar-refractivity contribution in [2.75, 3.05) is 6.61 Å². The maximum atomic E-state index is 14.8. The predicted octanol–water partition coefficient (Wildman–Crippen LogP) is 8.41. The first-order chi connectivity index (χ1) is 21.1. The number of Topliss-reactive ketones (excluding diaryl/α,β-unsaturated/α-hetero) is 1. The lowest BCUT2D eigenvalue weighted by molar-refractivity contribution is -0.202. The van der Waals surface area contributed by atoms with E-state index in [9.17, 15) is 9.90 Å². The molecule has 9 rings (SSSR count). The van der Waals surface area contributed by atoms with Crippen LogP contribution in [0.4, 0.5) is 0 Å². The second-order valence-corrected chi connectivity index (χ2v) is 17.9. The molecule has 0 amide bonds. The molecule has 1 aromatic carbocycles. The molecule has 2 saturated carbocycles. The Bertz CT molecular complexity index is 1770. The van der Waals surface area contributed by atoms with Crippen LogP contribution in [0.15, 0.2) is 24.3 Å². The molecular formula is C40H51NO4. The molecule has 0 radical (unpaired) electrons. The number of nitrogens with zero attached hydrogens (tertiary/aromatic N) is 1. The number of ether oxygens (including phenoxy) is 2. The van der Waals surface area contributed by atoms with Gasteiger partial charge < -0.3 is 19.1 Å². The van der Waals surface area contributed by atoms with E-state index in [1.807, 2.05) is 6.92 Å². The molecule has 9 atom stereocenters. The van der Waals surface area contributed by atoms with Crippen LogP contribution in [-0.4, -0.2) is 39.4 Å². The highest BCUT2D eigenvalue weighted by Crippen LogP contribution is 2.72. The van der Waals surface area contributed by atoms with Crippen molar-refractivity contribution in [2.24, 2.45) is 28.6 Å². The first kappa shape index (κ1) is 29.0. The zero-order valence-electron chi connectivity index (χ0n) is 28.6. The van der Waals surface area contributed by atoms with Crippen molar-refractivity contribution in [3.8, 4) is 0 Å². The number of aliphatic hydroxyl groups is 1. The summed E-state index contributed by atoms with van der Waals surface area (Å²) in [6.45, 7) is 23.5. The topological polar surface area (TPSA) is 60.7 Å². The fourth-order valence-electron chi connectivity index (χ4n) is 13.2. The third-order valence-electron chi connectivity index (χ3n) is 14.8. The monoisotopic (exact) mass is 609 g/mol. The van der Waals surface area contributed by atoms with Crippen LogP contribution in [-0.2, 0) is 21.3 Å². The molecule has 1 aromatic heterocycles. The van der Waals surface area contributed by atoms with Crippen LogP contribution in [0, 0.1) is 28.6 Å². The summed E-state index contributed by atoms with van der Waals surface area (Å²) in [5, 5.41) is 13.4. The van der Waals surface area contributed by atoms with Gasteiger partial charge in [-0.1, -0.05) is 32.9 Å². The zero-order chi connectivity index (χ0) is 31.8. The van der Waals surface area contributed by atoms with E-state index in [2.05, 4.69) is 71.8 Å². The Morgan fingerprint density at radius 2 is 1.82 bits per heavy atom. The minimum absolute atomic E-state index is 0.0567. The number of ketones is 1. The summed E-state index contributed by atoms with van der Waals surface area (Å²) in [4.78, 5) is 14.8. The van der Waals surface area contributed by atoms with Crippen molar-refractivity contribution >= 4 is 22.3 Å². The Labute approximate surface area is 268 Å². The molecule has 0 bridgehead atoms. The first-order valence-electron chi connectivity index (χ1n) is 17.7. The van der Waals surface area contributed by atoms with Crippen LogP contribution in [0.3, 0.4) is 0 Å². The number of allylic oxidation sites excluding steroid dienone is 1. The van der Waals surface area contributed by atoms with Gasteiger partial charge in [-0.05, 0) is 131 Å². The number of carbonyl (C=O) groups is 1. The van der Waals surface area contributed by atoms with E-state index in [0.717, 1.165) is 59.2 Å². The summed E-state index contributed by atoms with van der Waals surface area (Å²) < 4.78 is 15.5. The third-order valence-corrected chi connectivity index (χ3v) is 14.8. The fraction of sp³-hybridized carbons (Fsp3) is 0.675. The molecular weight excluding hydrogens is 558 g/mol. The number of hydrogen-bond donors (Lipinski definition) is 1. The molecule has 7 aliphatic rings. The molecule has 0 unspecified atom stereocenters. The van der Waals surface area contributed by atoms with Crippen LogP contribution in [0.25, 0.3) is 16.5 Å². The zero-order valence-corrected chi connectivity index (χ0v) is 28.6. The van der Waals surface area contributed by atoms with Gasteiger partial charge in [0.1, 0.15) is 6.04 Å². The second kappa shape index (κ2) is 8.44. The molecule has 3 fully saturated rings. The smallest absolute Gasteiger partial charge is 0.192 e. The SMILES string of the molecule is C=C(C)[C@H]1C(=O)c2c3c(cc4c5c(n1c24)[C@@]1(C)[C@@H](CC[C@H]2[C@]4(C)CCCO[C@H]4CC[C@@]21C)C5)C1=CC(C)(C)OC(C)(C)[C@H]1[C@@H]3O. The van der Waals surface area contributed by atoms with Gasteiger partial charge >= 0.3 is 0 Å². The second-order valence-electron chi connectivity index (χ2n) is 17.9. The van der Waals surface area contributed by atoms with E-state index >= 15 is 0 Å². The number of fused-ring (bicyclic) bond motifs is 13. The maximum Gasteiger partial charge on any atom is 0.192 e. The predicted molar refractivity (Wildman–Crippen MR) is 177 cm³/mol. The molecule has 240 valence electrons. The van der Waals surface area contributed by atoms with Gasteiger partial charge in [-0.25, -0.2) is 0 Å². The van der Waals surface area contributed by atoms with Crippen LogP contribution < -0.4 is 0 Å². The average Bonchev–Trinajstić information content (AvgIpc) is 3.61. The fourth-order valence-corrected chi connectivity index (χ4v) is 13.2. The number of aromatic nitrogens is 1. The lowest BCUT2D eigenvalue weighted by atomic mass is 9.40. The van der Waals surface area contributed by atoms with Gasteiger partial charge in [-0.2, -0.15) is 0 Å². The molecule has 5 heteroatoms. The lowest BCUT2D eigenvalue weighted by Gasteiger charge is -2.66. The molecule has 45 heavy (non-hydrogen) atoms. The van der Waals surface area contributed by atoms with Crippen LogP contribution in [0.5, 0.6) is 0 Å². The van der Waals surface area contributed by atoms with Crippen molar-refractivity contribution in [2.45, 2.75) is 135 Å². The van der Waals surface area contributed by atoms with E-state index in [4.69, 9.17) is 9.47 Å². The van der Waals surface area contributed by atoms with Crippen LogP contribution in [0.2, 0.25) is 0 Å². The Kier molecular flexibility index (Phi) is 5.43. The summed E-state index contributed by atoms with van der Waals surface area (Å²) in [6, 6.07) is 1.95. The molecule has 2 aromatic rings. The number of hydrogen-bond acceptors (Lipinski definition) is 4. The lowest BCUT2D eigenvalue weighted by Crippen LogP contribution is -2.63. The molecule has 3 aliphatic heterocycles. The molecule has 0 spiro atoms. The van der Waals surface area contributed by atoms with E-state index in [1.165, 1.54) is 42.3 Å². The summed E-state index contributed by atoms with van der Waals surface area (Å²) in [5.74, 6) is 1.04. The van der Waals surface area contributed by atoms with E-state index < -0.39 is 23.3 Å². The van der Waals surface area contributed by atoms with Gasteiger partial charge in [0.25, 0.3) is 0 Å². The number of rotatable bonds is 1. The highest BCUT2D eigenvalue weighted by molar-refractivity contribution is 6.18.